The number of carbonyl (C=O) groups excluding carboxylic acids is 2. The van der Waals surface area contributed by atoms with Gasteiger partial charge in [-0.3, -0.25) is 9.68 Å². The van der Waals surface area contributed by atoms with Crippen molar-refractivity contribution in [1.82, 2.24) is 11.0 Å². The van der Waals surface area contributed by atoms with Gasteiger partial charge in [0.2, 0.25) is 0 Å². The molecule has 0 aromatic heterocycles. The number of nitrogens with zero attached hydrogens (tertiary/aromatic N) is 3. The molecule has 4 bridgehead atoms. The van der Waals surface area contributed by atoms with Crippen molar-refractivity contribution in [3.05, 3.63) is 154 Å². The van der Waals surface area contributed by atoms with E-state index in [1.807, 2.05) is 126 Å². The number of hydroxylamine groups is 2. The third-order valence-electron chi connectivity index (χ3n) is 28.3. The van der Waals surface area contributed by atoms with E-state index in [0.29, 0.717) is 18.6 Å². The molecule has 8 heterocycles. The summed E-state index contributed by atoms with van der Waals surface area (Å²) in [5, 5.41) is 21.5. The second kappa shape index (κ2) is 40.1. The molecule has 8 aliphatic heterocycles. The van der Waals surface area contributed by atoms with Crippen LogP contribution in [0.15, 0.2) is 126 Å². The second-order valence-electron chi connectivity index (χ2n) is 42.3. The van der Waals surface area contributed by atoms with Crippen LogP contribution in [-0.4, -0.2) is 179 Å². The standard InChI is InChI=1S/C33H51NO7Si2.2C32H50N2O7Si2/c1-22(2)42(23(3)4)38-28-17-32(20-35-19-26-14-12-11-13-15-26)27(18-34)16-33(21-36-31(9,10)40-33)30(37-28)29(32)39-43(41-42,24(5)6)25(7)8;1-22(2)42(23(3)4)38-28-29(39-43(41-42,24(5)6)25(7)8)32(17-18-35,34-37-20-26-15-13-12-14-16-26)27(33-11)19-31(28)21-36-30(9,10)40-31;1-22(2)42(23(3)4)38-28-29(39-43(41-42,24(5)6)25(7)8)32(16-17-35,34-37-20-26-14-12-11-13-15-26)27(19-33)18-31(28)21-36-30(9,10)40-31/h11-16,22-25,28-30H,17,19-21H2,1-10H3;12-16,18-19,22-25,28-29,34H,17,20-21H2,1-10H3;11-15,17-18,22-25,28-29,34H,16,20-21H2,1-10H3/t28-,29-,30-,32-,33?;;/m1../s1. The minimum Gasteiger partial charge on any atom is -0.414 e. The van der Waals surface area contributed by atoms with Gasteiger partial charge in [0.15, 0.2) is 29.3 Å². The van der Waals surface area contributed by atoms with Crippen molar-refractivity contribution in [3.63, 3.8) is 0 Å². The average molecular weight is 1890 g/mol. The number of carbonyl (C=O) groups is 2. The van der Waals surface area contributed by atoms with Crippen molar-refractivity contribution < 1.29 is 96.1 Å². The Bertz CT molecular complexity index is 4320. The first-order valence-corrected chi connectivity index (χ1v) is 58.8. The van der Waals surface area contributed by atoms with Crippen LogP contribution in [0.2, 0.25) is 66.5 Å². The minimum atomic E-state index is -3.13. The molecule has 3 aromatic carbocycles. The quantitative estimate of drug-likeness (QED) is 0.0295. The number of hydrogen-bond acceptors (Lipinski definition) is 25. The monoisotopic (exact) mass is 1890 g/mol. The number of nitrogens with one attached hydrogen (secondary N) is 2. The number of ether oxygens (including phenoxy) is 8. The van der Waals surface area contributed by atoms with E-state index < -0.39 is 145 Å². The number of nitriles is 2. The van der Waals surface area contributed by atoms with E-state index in [0.717, 1.165) is 29.3 Å². The number of hydrogen-bond donors (Lipinski definition) is 2. The third-order valence-corrected chi connectivity index (χ3v) is 59.0. The SMILES string of the molecule is CC(C)[Si]1(C(C)C)OC2C(O[Si](C(C)C)(C(C)C)O1)C(CC=O)(NOCc1ccccc1)C(C#N)=CC21COC(C)(C)O1.CC(C)[Si]1(C(C)C)O[C@@H]2C[C@@]3(COCc4ccccc4)C(C#N)=CC4(COC(C)(C)O4)[C@H](O2)[C@H]3O[Si](C(C)C)(C(C)C)O1.[C-]#[N+]C1=CC2(COC(C)(C)O2)C2O[Si](C(C)C)(C(C)C)O[Si](C(C)C)(C(C)C)OC2C1(CC=O)NOCc1ccccc1. The molecule has 0 saturated carbocycles. The van der Waals surface area contributed by atoms with Gasteiger partial charge in [0.1, 0.15) is 64.9 Å². The molecular weight excluding hydrogens is 1740 g/mol. The number of aldehydes is 2. The lowest BCUT2D eigenvalue weighted by atomic mass is 9.62. The average Bonchev–Trinajstić information content (AvgIpc) is 1.60. The van der Waals surface area contributed by atoms with E-state index in [1.54, 1.807) is 12.2 Å². The maximum atomic E-state index is 12.5. The smallest absolute Gasteiger partial charge is 0.336 e. The van der Waals surface area contributed by atoms with Crippen molar-refractivity contribution in [2.45, 2.75) is 401 Å². The van der Waals surface area contributed by atoms with Crippen molar-refractivity contribution >= 4 is 63.9 Å². The zero-order valence-corrected chi connectivity index (χ0v) is 88.5. The molecule has 11 aliphatic rings. The molecule has 714 valence electrons. The summed E-state index contributed by atoms with van der Waals surface area (Å²) in [6.45, 7) is 73.5. The summed E-state index contributed by atoms with van der Waals surface area (Å²) in [6.07, 6.45) is 2.50. The molecule has 8 fully saturated rings. The Balaban J connectivity index is 0.000000187. The third kappa shape index (κ3) is 19.7. The van der Waals surface area contributed by atoms with Gasteiger partial charge in [0.25, 0.3) is 0 Å². The highest BCUT2D eigenvalue weighted by molar-refractivity contribution is 6.85. The van der Waals surface area contributed by atoms with Crippen LogP contribution in [0.3, 0.4) is 0 Å². The lowest BCUT2D eigenvalue weighted by Gasteiger charge is -2.57. The van der Waals surface area contributed by atoms with Crippen molar-refractivity contribution in [2.75, 3.05) is 26.4 Å². The van der Waals surface area contributed by atoms with Gasteiger partial charge in [0, 0.05) is 24.8 Å². The van der Waals surface area contributed by atoms with Gasteiger partial charge < -0.3 is 86.4 Å². The summed E-state index contributed by atoms with van der Waals surface area (Å²) in [4.78, 5) is 41.4. The number of rotatable bonds is 28. The normalized spacial score (nSPS) is 32.3. The van der Waals surface area contributed by atoms with E-state index in [2.05, 4.69) is 206 Å². The fourth-order valence-corrected chi connectivity index (χ4v) is 55.5. The van der Waals surface area contributed by atoms with Gasteiger partial charge in [-0.2, -0.15) is 21.5 Å². The molecule has 0 radical (unpaired) electrons. The lowest BCUT2D eigenvalue weighted by Crippen LogP contribution is -2.71. The van der Waals surface area contributed by atoms with Crippen LogP contribution in [0.4, 0.5) is 0 Å². The Hall–Kier alpha value is -4.85. The molecule has 26 nitrogen and oxygen atoms in total. The van der Waals surface area contributed by atoms with Crippen molar-refractivity contribution in [1.29, 1.82) is 10.5 Å². The Kier molecular flexibility index (Phi) is 32.5. The van der Waals surface area contributed by atoms with Crippen LogP contribution in [0, 0.1) is 34.6 Å². The summed E-state index contributed by atoms with van der Waals surface area (Å²) in [5.74, 6) is -2.69. The van der Waals surface area contributed by atoms with Crippen LogP contribution in [0.5, 0.6) is 0 Å². The van der Waals surface area contributed by atoms with Crippen molar-refractivity contribution in [2.24, 2.45) is 5.41 Å². The highest BCUT2D eigenvalue weighted by Crippen LogP contribution is 2.63. The molecule has 8 saturated heterocycles. The van der Waals surface area contributed by atoms with Gasteiger partial charge >= 0.3 is 51.4 Å². The Morgan fingerprint density at radius 2 is 0.713 bits per heavy atom. The highest BCUT2D eigenvalue weighted by Gasteiger charge is 2.76. The van der Waals surface area contributed by atoms with Gasteiger partial charge in [0.05, 0.1) is 88.2 Å². The number of fused-ring (bicyclic) bond motifs is 8. The summed E-state index contributed by atoms with van der Waals surface area (Å²) in [7, 11) is -18.4. The lowest BCUT2D eigenvalue weighted by molar-refractivity contribution is -0.285. The molecule has 3 spiro atoms. The molecular formula is C97H151N5O21Si6. The van der Waals surface area contributed by atoms with Gasteiger partial charge in [-0.1, -0.05) is 257 Å². The molecule has 129 heavy (non-hydrogen) atoms. The molecule has 3 aromatic rings. The minimum absolute atomic E-state index is 0.0444. The highest BCUT2D eigenvalue weighted by atomic mass is 28.5. The van der Waals surface area contributed by atoms with Crippen LogP contribution >= 0.6 is 0 Å². The summed E-state index contributed by atoms with van der Waals surface area (Å²) >= 11 is 0. The zero-order valence-electron chi connectivity index (χ0n) is 82.5. The van der Waals surface area contributed by atoms with E-state index >= 15 is 0 Å². The molecule has 2 N–H and O–H groups in total. The predicted molar refractivity (Wildman–Crippen MR) is 505 cm³/mol. The van der Waals surface area contributed by atoms with Crippen LogP contribution < -0.4 is 11.0 Å². The first-order valence-electron chi connectivity index (χ1n) is 47.0. The molecule has 13 atom stereocenters. The maximum Gasteiger partial charge on any atom is 0.336 e. The van der Waals surface area contributed by atoms with Crippen molar-refractivity contribution in [3.8, 4) is 12.1 Å². The van der Waals surface area contributed by atoms with Crippen LogP contribution in [-0.2, 0) is 116 Å². The first kappa shape index (κ1) is 105. The molecule has 3 aliphatic carbocycles. The first-order chi connectivity index (χ1) is 60.4. The Morgan fingerprint density at radius 3 is 1.05 bits per heavy atom. The molecule has 32 heteroatoms. The second-order valence-corrected chi connectivity index (χ2v) is 68.7. The summed E-state index contributed by atoms with van der Waals surface area (Å²) < 4.78 is 119. The zero-order chi connectivity index (χ0) is 95.1. The molecule has 0 amide bonds. The van der Waals surface area contributed by atoms with Gasteiger partial charge in [-0.15, -0.1) is 0 Å². The summed E-state index contributed by atoms with van der Waals surface area (Å²) in [5.41, 5.74) is 4.74. The Labute approximate surface area is 776 Å². The topological polar surface area (TPSA) is 286 Å². The van der Waals surface area contributed by atoms with Crippen LogP contribution in [0.25, 0.3) is 4.85 Å². The summed E-state index contributed by atoms with van der Waals surface area (Å²) in [6, 6.07) is 34.6. The van der Waals surface area contributed by atoms with E-state index in [9.17, 15) is 20.1 Å². The predicted octanol–water partition coefficient (Wildman–Crippen LogP) is 20.3. The number of benzene rings is 3. The molecule has 9 unspecified atom stereocenters. The van der Waals surface area contributed by atoms with E-state index in [-0.39, 0.29) is 130 Å². The Morgan fingerprint density at radius 1 is 0.411 bits per heavy atom. The maximum absolute atomic E-state index is 12.5. The van der Waals surface area contributed by atoms with Gasteiger partial charge in [-0.05, 0) is 143 Å². The van der Waals surface area contributed by atoms with Gasteiger partial charge in [-0.25, -0.2) is 4.85 Å². The van der Waals surface area contributed by atoms with E-state index in [4.69, 9.17) is 93.0 Å². The van der Waals surface area contributed by atoms with E-state index in [1.165, 1.54) is 0 Å². The fourth-order valence-electron chi connectivity index (χ4n) is 21.6. The molecule has 14 rings (SSSR count). The fraction of sp³-hybridized carbons (Fsp3) is 0.701. The largest absolute Gasteiger partial charge is 0.414 e. The van der Waals surface area contributed by atoms with Crippen LogP contribution in [0.1, 0.15) is 244 Å².